The zero-order valence-electron chi connectivity index (χ0n) is 12.8. The van der Waals surface area contributed by atoms with Crippen molar-refractivity contribution < 1.29 is 32.2 Å². The van der Waals surface area contributed by atoms with Crippen LogP contribution in [0, 0.1) is 17.1 Å². The summed E-state index contributed by atoms with van der Waals surface area (Å²) in [7, 11) is 0. The van der Waals surface area contributed by atoms with Crippen LogP contribution in [0.2, 0.25) is 0 Å². The Morgan fingerprint density at radius 2 is 1.88 bits per heavy atom. The lowest BCUT2D eigenvalue weighted by Crippen LogP contribution is -2.23. The molecule has 1 atom stereocenters. The van der Waals surface area contributed by atoms with E-state index in [4.69, 9.17) is 15.1 Å². The molecule has 1 N–H and O–H groups in total. The van der Waals surface area contributed by atoms with Crippen molar-refractivity contribution in [3.05, 3.63) is 53.3 Å². The van der Waals surface area contributed by atoms with Gasteiger partial charge in [0.25, 0.3) is 0 Å². The number of carboxylic acids is 1. The predicted molar refractivity (Wildman–Crippen MR) is 79.3 cm³/mol. The molecule has 25 heavy (non-hydrogen) atoms. The second-order valence-electron chi connectivity index (χ2n) is 5.11. The van der Waals surface area contributed by atoms with Gasteiger partial charge in [0, 0.05) is 11.1 Å². The Hall–Kier alpha value is -3.08. The van der Waals surface area contributed by atoms with Crippen molar-refractivity contribution in [3.8, 4) is 22.9 Å². The van der Waals surface area contributed by atoms with E-state index in [1.165, 1.54) is 25.1 Å². The standard InChI is InChI=1S/C17H11F4NO3/c1-9(16(23)24)25-15-5-2-10(8-22)6-13(15)12-4-3-11(7-14(12)18)17(19,20)21/h2-7,9H,1H3,(H,23,24)/t9-/m0/s1. The van der Waals surface area contributed by atoms with Gasteiger partial charge in [0.1, 0.15) is 11.6 Å². The fourth-order valence-electron chi connectivity index (χ4n) is 2.06. The molecule has 0 saturated heterocycles. The molecule has 0 heterocycles. The first-order chi connectivity index (χ1) is 11.6. The number of benzene rings is 2. The lowest BCUT2D eigenvalue weighted by Gasteiger charge is -2.16. The molecule has 0 amide bonds. The molecular weight excluding hydrogens is 342 g/mol. The normalized spacial score (nSPS) is 12.3. The highest BCUT2D eigenvalue weighted by atomic mass is 19.4. The number of hydrogen-bond acceptors (Lipinski definition) is 3. The van der Waals surface area contributed by atoms with Gasteiger partial charge in [-0.15, -0.1) is 0 Å². The minimum atomic E-state index is -4.70. The Balaban J connectivity index is 2.57. The molecule has 0 spiro atoms. The van der Waals surface area contributed by atoms with Crippen molar-refractivity contribution in [1.29, 1.82) is 5.26 Å². The third-order valence-corrected chi connectivity index (χ3v) is 3.35. The summed E-state index contributed by atoms with van der Waals surface area (Å²) in [5, 5.41) is 17.9. The minimum absolute atomic E-state index is 0.0154. The van der Waals surface area contributed by atoms with E-state index in [2.05, 4.69) is 0 Å². The quantitative estimate of drug-likeness (QED) is 0.835. The number of aliphatic carboxylic acids is 1. The molecule has 0 saturated carbocycles. The second kappa shape index (κ2) is 6.81. The summed E-state index contributed by atoms with van der Waals surface area (Å²) in [4.78, 5) is 10.9. The molecule has 0 fully saturated rings. The summed E-state index contributed by atoms with van der Waals surface area (Å²) in [5.41, 5.74) is -1.30. The number of carboxylic acid groups (broad SMARTS) is 1. The molecule has 2 aromatic carbocycles. The van der Waals surface area contributed by atoms with Gasteiger partial charge in [-0.05, 0) is 37.3 Å². The monoisotopic (exact) mass is 353 g/mol. The number of hydrogen-bond donors (Lipinski definition) is 1. The highest BCUT2D eigenvalue weighted by Crippen LogP contribution is 2.36. The lowest BCUT2D eigenvalue weighted by atomic mass is 10.00. The van der Waals surface area contributed by atoms with Gasteiger partial charge >= 0.3 is 12.1 Å². The van der Waals surface area contributed by atoms with Crippen molar-refractivity contribution >= 4 is 5.97 Å². The number of nitrogens with zero attached hydrogens (tertiary/aromatic N) is 1. The van der Waals surface area contributed by atoms with Crippen LogP contribution in [0.25, 0.3) is 11.1 Å². The maximum absolute atomic E-state index is 14.2. The average molecular weight is 353 g/mol. The maximum atomic E-state index is 14.2. The summed E-state index contributed by atoms with van der Waals surface area (Å²) < 4.78 is 57.4. The SMILES string of the molecule is C[C@H](Oc1ccc(C#N)cc1-c1ccc(C(F)(F)F)cc1F)C(=O)O. The molecule has 130 valence electrons. The zero-order chi connectivity index (χ0) is 18.8. The molecule has 0 unspecified atom stereocenters. The first-order valence-electron chi connectivity index (χ1n) is 6.94. The van der Waals surface area contributed by atoms with E-state index in [1.807, 2.05) is 6.07 Å². The maximum Gasteiger partial charge on any atom is 0.416 e. The summed E-state index contributed by atoms with van der Waals surface area (Å²) >= 11 is 0. The molecule has 0 bridgehead atoms. The number of carbonyl (C=O) groups is 1. The van der Waals surface area contributed by atoms with Crippen LogP contribution in [0.1, 0.15) is 18.1 Å². The van der Waals surface area contributed by atoms with Gasteiger partial charge in [-0.3, -0.25) is 0 Å². The van der Waals surface area contributed by atoms with Crippen LogP contribution in [0.15, 0.2) is 36.4 Å². The molecule has 0 aromatic heterocycles. The Morgan fingerprint density at radius 3 is 2.40 bits per heavy atom. The van der Waals surface area contributed by atoms with Crippen LogP contribution in [-0.4, -0.2) is 17.2 Å². The van der Waals surface area contributed by atoms with E-state index in [9.17, 15) is 22.4 Å². The van der Waals surface area contributed by atoms with Crippen molar-refractivity contribution in [1.82, 2.24) is 0 Å². The van der Waals surface area contributed by atoms with Gasteiger partial charge in [0.15, 0.2) is 6.10 Å². The van der Waals surface area contributed by atoms with E-state index in [1.54, 1.807) is 0 Å². The number of alkyl halides is 3. The van der Waals surface area contributed by atoms with Crippen molar-refractivity contribution in [3.63, 3.8) is 0 Å². The topological polar surface area (TPSA) is 70.3 Å². The van der Waals surface area contributed by atoms with Crippen LogP contribution >= 0.6 is 0 Å². The Kier molecular flexibility index (Phi) is 4.97. The summed E-state index contributed by atoms with van der Waals surface area (Å²) in [6.07, 6.45) is -5.98. The molecular formula is C17H11F4NO3. The van der Waals surface area contributed by atoms with Crippen LogP contribution in [-0.2, 0) is 11.0 Å². The second-order valence-corrected chi connectivity index (χ2v) is 5.11. The van der Waals surface area contributed by atoms with Gasteiger partial charge < -0.3 is 9.84 Å². The largest absolute Gasteiger partial charge is 0.479 e. The fraction of sp³-hybridized carbons (Fsp3) is 0.176. The summed E-state index contributed by atoms with van der Waals surface area (Å²) in [5.74, 6) is -2.51. The van der Waals surface area contributed by atoms with E-state index in [-0.39, 0.29) is 22.4 Å². The highest BCUT2D eigenvalue weighted by molar-refractivity contribution is 5.75. The molecule has 4 nitrogen and oxygen atoms in total. The smallest absolute Gasteiger partial charge is 0.416 e. The number of rotatable bonds is 4. The van der Waals surface area contributed by atoms with Gasteiger partial charge in [0.2, 0.25) is 0 Å². The highest BCUT2D eigenvalue weighted by Gasteiger charge is 2.31. The third kappa shape index (κ3) is 4.07. The van der Waals surface area contributed by atoms with Gasteiger partial charge in [-0.1, -0.05) is 6.07 Å². The summed E-state index contributed by atoms with van der Waals surface area (Å²) in [6, 6.07) is 7.57. The average Bonchev–Trinajstić information content (AvgIpc) is 2.54. The Bertz CT molecular complexity index is 856. The fourth-order valence-corrected chi connectivity index (χ4v) is 2.06. The van der Waals surface area contributed by atoms with Crippen LogP contribution < -0.4 is 4.74 Å². The molecule has 2 rings (SSSR count). The number of ether oxygens (including phenoxy) is 1. The van der Waals surface area contributed by atoms with Crippen molar-refractivity contribution in [2.75, 3.05) is 0 Å². The van der Waals surface area contributed by atoms with Crippen LogP contribution in [0.3, 0.4) is 0 Å². The molecule has 0 aliphatic carbocycles. The number of halogens is 4. The molecule has 8 heteroatoms. The first-order valence-corrected chi connectivity index (χ1v) is 6.94. The van der Waals surface area contributed by atoms with E-state index in [0.29, 0.717) is 12.1 Å². The predicted octanol–water partition coefficient (Wildman–Crippen LogP) is 4.24. The zero-order valence-corrected chi connectivity index (χ0v) is 12.8. The van der Waals surface area contributed by atoms with Gasteiger partial charge in [-0.25, -0.2) is 9.18 Å². The number of nitriles is 1. The Labute approximate surface area is 139 Å². The van der Waals surface area contributed by atoms with E-state index in [0.717, 1.165) is 6.07 Å². The van der Waals surface area contributed by atoms with Crippen LogP contribution in [0.4, 0.5) is 17.6 Å². The van der Waals surface area contributed by atoms with Gasteiger partial charge in [0.05, 0.1) is 17.2 Å². The Morgan fingerprint density at radius 1 is 1.20 bits per heavy atom. The molecule has 2 aromatic rings. The summed E-state index contributed by atoms with van der Waals surface area (Å²) in [6.45, 7) is 1.24. The van der Waals surface area contributed by atoms with E-state index >= 15 is 0 Å². The first kappa shape index (κ1) is 18.3. The van der Waals surface area contributed by atoms with Gasteiger partial charge in [-0.2, -0.15) is 18.4 Å². The lowest BCUT2D eigenvalue weighted by molar-refractivity contribution is -0.144. The molecule has 0 radical (unpaired) electrons. The van der Waals surface area contributed by atoms with Crippen LogP contribution in [0.5, 0.6) is 5.75 Å². The molecule has 0 aliphatic heterocycles. The minimum Gasteiger partial charge on any atom is -0.479 e. The molecule has 0 aliphatic rings. The van der Waals surface area contributed by atoms with Crippen molar-refractivity contribution in [2.24, 2.45) is 0 Å². The van der Waals surface area contributed by atoms with Crippen molar-refractivity contribution in [2.45, 2.75) is 19.2 Å². The van der Waals surface area contributed by atoms with E-state index < -0.39 is 29.6 Å². The third-order valence-electron chi connectivity index (χ3n) is 3.35.